The Hall–Kier alpha value is -4.04. The van der Waals surface area contributed by atoms with E-state index in [1.54, 1.807) is 36.2 Å². The van der Waals surface area contributed by atoms with Gasteiger partial charge in [0.15, 0.2) is 0 Å². The molecule has 0 unspecified atom stereocenters. The predicted molar refractivity (Wildman–Crippen MR) is 124 cm³/mol. The summed E-state index contributed by atoms with van der Waals surface area (Å²) >= 11 is 0. The van der Waals surface area contributed by atoms with E-state index in [4.69, 9.17) is 10.7 Å². The number of rotatable bonds is 6. The van der Waals surface area contributed by atoms with E-state index in [-0.39, 0.29) is 11.6 Å². The fourth-order valence-corrected chi connectivity index (χ4v) is 3.61. The summed E-state index contributed by atoms with van der Waals surface area (Å²) in [6.45, 7) is 2.86. The van der Waals surface area contributed by atoms with Gasteiger partial charge in [-0.1, -0.05) is 17.7 Å². The fraction of sp³-hybridized carbons (Fsp3) is 0.167. The van der Waals surface area contributed by atoms with Crippen molar-refractivity contribution in [2.75, 3.05) is 20.1 Å². The number of benzene rings is 3. The number of nitro groups is 1. The summed E-state index contributed by atoms with van der Waals surface area (Å²) in [7, 11) is 1.71. The molecule has 0 spiro atoms. The number of carbonyl (C=O) groups is 1. The van der Waals surface area contributed by atoms with Crippen molar-refractivity contribution in [2.24, 2.45) is 5.73 Å². The van der Waals surface area contributed by atoms with Crippen LogP contribution in [0.1, 0.15) is 15.9 Å². The minimum Gasteiger partial charge on any atom is -0.340 e. The Morgan fingerprint density at radius 2 is 1.78 bits per heavy atom. The number of nitro benzene ring substituents is 1. The largest absolute Gasteiger partial charge is 0.340 e. The highest BCUT2D eigenvalue weighted by atomic mass is 16.6. The van der Waals surface area contributed by atoms with Gasteiger partial charge in [-0.3, -0.25) is 19.5 Å². The third-order valence-electron chi connectivity index (χ3n) is 5.34. The van der Waals surface area contributed by atoms with Gasteiger partial charge in [-0.05, 0) is 49.4 Å². The van der Waals surface area contributed by atoms with E-state index < -0.39 is 4.92 Å². The number of hydrogen-bond donors (Lipinski definition) is 1. The van der Waals surface area contributed by atoms with Crippen LogP contribution in [0.25, 0.3) is 28.1 Å². The number of nitrogens with two attached hydrogens (primary N) is 1. The second-order valence-electron chi connectivity index (χ2n) is 7.63. The first-order valence-corrected chi connectivity index (χ1v) is 10.2. The van der Waals surface area contributed by atoms with Crippen LogP contribution in [0.3, 0.4) is 0 Å². The van der Waals surface area contributed by atoms with E-state index in [0.717, 1.165) is 22.3 Å². The van der Waals surface area contributed by atoms with Crippen LogP contribution >= 0.6 is 0 Å². The maximum Gasteiger partial charge on any atom is 0.269 e. The van der Waals surface area contributed by atoms with Crippen molar-refractivity contribution in [2.45, 2.75) is 6.92 Å². The molecule has 4 aromatic rings. The monoisotopic (exact) mass is 429 g/mol. The number of imidazole rings is 1. The first-order valence-electron chi connectivity index (χ1n) is 10.2. The number of carbonyl (C=O) groups excluding carboxylic acids is 1. The van der Waals surface area contributed by atoms with Crippen LogP contribution in [0.4, 0.5) is 5.69 Å². The number of non-ortho nitro benzene ring substituents is 1. The molecule has 3 aromatic carbocycles. The van der Waals surface area contributed by atoms with Crippen LogP contribution in [0.15, 0.2) is 66.7 Å². The Labute approximate surface area is 185 Å². The molecule has 1 amide bonds. The molecule has 8 nitrogen and oxygen atoms in total. The Morgan fingerprint density at radius 1 is 1.09 bits per heavy atom. The molecular formula is C24H23N5O3. The third kappa shape index (κ3) is 3.95. The van der Waals surface area contributed by atoms with Crippen molar-refractivity contribution in [3.63, 3.8) is 0 Å². The van der Waals surface area contributed by atoms with E-state index in [0.29, 0.717) is 30.0 Å². The molecule has 0 aliphatic carbocycles. The molecule has 4 rings (SSSR count). The lowest BCUT2D eigenvalue weighted by atomic mass is 10.1. The SMILES string of the molecule is Cc1ccc(-n2c(-c3ccc([N+](=O)[O-])cc3)nc3cc(C(=O)N(C)CCN)ccc32)cc1. The molecule has 0 aliphatic rings. The van der Waals surface area contributed by atoms with Gasteiger partial charge in [-0.15, -0.1) is 0 Å². The molecule has 0 bridgehead atoms. The van der Waals surface area contributed by atoms with Gasteiger partial charge in [-0.2, -0.15) is 0 Å². The number of fused-ring (bicyclic) bond motifs is 1. The van der Waals surface area contributed by atoms with E-state index >= 15 is 0 Å². The van der Waals surface area contributed by atoms with Crippen molar-refractivity contribution in [3.05, 3.63) is 88.0 Å². The minimum atomic E-state index is -0.428. The minimum absolute atomic E-state index is 0.0163. The molecule has 162 valence electrons. The summed E-state index contributed by atoms with van der Waals surface area (Å²) in [6, 6.07) is 19.8. The van der Waals surface area contributed by atoms with Gasteiger partial charge in [0.05, 0.1) is 16.0 Å². The highest BCUT2D eigenvalue weighted by Crippen LogP contribution is 2.30. The lowest BCUT2D eigenvalue weighted by Gasteiger charge is -2.16. The summed E-state index contributed by atoms with van der Waals surface area (Å²) in [6.07, 6.45) is 0. The normalized spacial score (nSPS) is 11.0. The molecule has 1 aromatic heterocycles. The molecule has 0 saturated carbocycles. The molecular weight excluding hydrogens is 406 g/mol. The van der Waals surface area contributed by atoms with Crippen LogP contribution in [0, 0.1) is 17.0 Å². The summed E-state index contributed by atoms with van der Waals surface area (Å²) < 4.78 is 1.99. The van der Waals surface area contributed by atoms with E-state index in [2.05, 4.69) is 0 Å². The van der Waals surface area contributed by atoms with Crippen molar-refractivity contribution in [3.8, 4) is 17.1 Å². The maximum atomic E-state index is 12.7. The quantitative estimate of drug-likeness (QED) is 0.369. The Morgan fingerprint density at radius 3 is 2.41 bits per heavy atom. The highest BCUT2D eigenvalue weighted by Gasteiger charge is 2.18. The van der Waals surface area contributed by atoms with Crippen molar-refractivity contribution >= 4 is 22.6 Å². The zero-order chi connectivity index (χ0) is 22.8. The Bertz CT molecular complexity index is 1290. The van der Waals surface area contributed by atoms with Gasteiger partial charge in [0, 0.05) is 49.1 Å². The van der Waals surface area contributed by atoms with E-state index in [9.17, 15) is 14.9 Å². The summed E-state index contributed by atoms with van der Waals surface area (Å²) in [4.78, 5) is 29.7. The number of aryl methyl sites for hydroxylation is 1. The second-order valence-corrected chi connectivity index (χ2v) is 7.63. The van der Waals surface area contributed by atoms with Crippen LogP contribution < -0.4 is 5.73 Å². The van der Waals surface area contributed by atoms with Gasteiger partial charge in [0.2, 0.25) is 0 Å². The second kappa shape index (κ2) is 8.60. The summed E-state index contributed by atoms with van der Waals surface area (Å²) in [5, 5.41) is 11.1. The van der Waals surface area contributed by atoms with Crippen LogP contribution in [0.5, 0.6) is 0 Å². The Kier molecular flexibility index (Phi) is 5.70. The molecule has 8 heteroatoms. The standard InChI is InChI=1S/C24H23N5O3/c1-16-3-8-19(9-4-16)28-22-12-7-18(24(30)27(2)14-13-25)15-21(22)26-23(28)17-5-10-20(11-6-17)29(31)32/h3-12,15H,13-14,25H2,1-2H3. The summed E-state index contributed by atoms with van der Waals surface area (Å²) in [5.74, 6) is 0.512. The van der Waals surface area contributed by atoms with E-state index in [1.165, 1.54) is 12.1 Å². The molecule has 32 heavy (non-hydrogen) atoms. The molecule has 0 fully saturated rings. The van der Waals surface area contributed by atoms with Gasteiger partial charge in [-0.25, -0.2) is 4.98 Å². The third-order valence-corrected chi connectivity index (χ3v) is 5.34. The van der Waals surface area contributed by atoms with Crippen LogP contribution in [-0.4, -0.2) is 45.4 Å². The number of likely N-dealkylation sites (N-methyl/N-ethyl adjacent to an activating group) is 1. The molecule has 0 aliphatic heterocycles. The topological polar surface area (TPSA) is 107 Å². The lowest BCUT2D eigenvalue weighted by Crippen LogP contribution is -2.31. The summed E-state index contributed by atoms with van der Waals surface area (Å²) in [5.41, 5.74) is 10.4. The van der Waals surface area contributed by atoms with Gasteiger partial charge in [0.25, 0.3) is 11.6 Å². The predicted octanol–water partition coefficient (Wildman–Crippen LogP) is 3.94. The van der Waals surface area contributed by atoms with Gasteiger partial charge >= 0.3 is 0 Å². The van der Waals surface area contributed by atoms with Crippen LogP contribution in [-0.2, 0) is 0 Å². The van der Waals surface area contributed by atoms with Gasteiger partial charge in [0.1, 0.15) is 5.82 Å². The highest BCUT2D eigenvalue weighted by molar-refractivity contribution is 5.98. The molecule has 0 saturated heterocycles. The average molecular weight is 429 g/mol. The van der Waals surface area contributed by atoms with Crippen LogP contribution in [0.2, 0.25) is 0 Å². The van der Waals surface area contributed by atoms with Crippen molar-refractivity contribution < 1.29 is 9.72 Å². The molecule has 0 radical (unpaired) electrons. The Balaban J connectivity index is 1.88. The average Bonchev–Trinajstić information content (AvgIpc) is 3.18. The molecule has 1 heterocycles. The first-order chi connectivity index (χ1) is 15.4. The van der Waals surface area contributed by atoms with Crippen molar-refractivity contribution in [1.29, 1.82) is 0 Å². The van der Waals surface area contributed by atoms with Crippen molar-refractivity contribution in [1.82, 2.24) is 14.5 Å². The first kappa shape index (κ1) is 21.2. The van der Waals surface area contributed by atoms with E-state index in [1.807, 2.05) is 41.8 Å². The zero-order valence-corrected chi connectivity index (χ0v) is 17.9. The van der Waals surface area contributed by atoms with Gasteiger partial charge < -0.3 is 10.6 Å². The number of hydrogen-bond acceptors (Lipinski definition) is 5. The fourth-order valence-electron chi connectivity index (χ4n) is 3.61. The molecule has 2 N–H and O–H groups in total. The maximum absolute atomic E-state index is 12.7. The number of nitrogens with zero attached hydrogens (tertiary/aromatic N) is 4. The molecule has 0 atom stereocenters. The number of amides is 1. The number of aromatic nitrogens is 2. The zero-order valence-electron chi connectivity index (χ0n) is 17.9. The lowest BCUT2D eigenvalue weighted by molar-refractivity contribution is -0.384. The smallest absolute Gasteiger partial charge is 0.269 e.